The number of hydrogen-bond donors (Lipinski definition) is 0. The summed E-state index contributed by atoms with van der Waals surface area (Å²) in [5.41, 5.74) is 3.69. The summed E-state index contributed by atoms with van der Waals surface area (Å²) in [4.78, 5) is 12.9. The number of aryl methyl sites for hydroxylation is 1. The van der Waals surface area contributed by atoms with E-state index in [1.807, 2.05) is 23.9 Å². The van der Waals surface area contributed by atoms with E-state index in [4.69, 9.17) is 9.47 Å². The molecule has 0 fully saturated rings. The normalized spacial score (nSPS) is 22.1. The van der Waals surface area contributed by atoms with E-state index in [2.05, 4.69) is 49.4 Å². The Morgan fingerprint density at radius 2 is 1.63 bits per heavy atom. The van der Waals surface area contributed by atoms with Crippen LogP contribution in [0.5, 0.6) is 5.75 Å². The first-order chi connectivity index (χ1) is 13.1. The van der Waals surface area contributed by atoms with E-state index in [0.29, 0.717) is 4.91 Å². The van der Waals surface area contributed by atoms with Crippen molar-refractivity contribution in [1.29, 1.82) is 0 Å². The molecule has 0 radical (unpaired) electrons. The maximum absolute atomic E-state index is 12.3. The van der Waals surface area contributed by atoms with Crippen LogP contribution in [0, 0.1) is 6.92 Å². The summed E-state index contributed by atoms with van der Waals surface area (Å²) in [5.74, 6) is 2.52. The van der Waals surface area contributed by atoms with E-state index in [1.165, 1.54) is 18.2 Å². The zero-order chi connectivity index (χ0) is 19.2. The van der Waals surface area contributed by atoms with E-state index in [-0.39, 0.29) is 17.1 Å². The molecule has 1 aliphatic heterocycles. The van der Waals surface area contributed by atoms with Gasteiger partial charge in [0.05, 0.1) is 19.1 Å². The standard InChI is InChI=1S/C22H24O3S2/c1-15-4-6-17(7-5-15)21-19(16-8-10-18(24-2)11-9-16)14-20(22(23)25-3)26-12-13-27-21/h4-11,14,19,21H,12-13H2,1-3H3/b20-14-. The molecule has 1 aliphatic rings. The van der Waals surface area contributed by atoms with Crippen LogP contribution in [0.2, 0.25) is 0 Å². The summed E-state index contributed by atoms with van der Waals surface area (Å²) >= 11 is 3.52. The van der Waals surface area contributed by atoms with Gasteiger partial charge < -0.3 is 9.47 Å². The van der Waals surface area contributed by atoms with Gasteiger partial charge in [-0.2, -0.15) is 11.8 Å². The number of hydrogen-bond acceptors (Lipinski definition) is 5. The maximum atomic E-state index is 12.3. The first-order valence-electron chi connectivity index (χ1n) is 8.87. The molecule has 1 heterocycles. The smallest absolute Gasteiger partial charge is 0.344 e. The van der Waals surface area contributed by atoms with E-state index >= 15 is 0 Å². The number of rotatable bonds is 4. The minimum Gasteiger partial charge on any atom is -0.497 e. The van der Waals surface area contributed by atoms with Gasteiger partial charge in [-0.25, -0.2) is 4.79 Å². The van der Waals surface area contributed by atoms with E-state index < -0.39 is 0 Å². The molecule has 2 unspecified atom stereocenters. The lowest BCUT2D eigenvalue weighted by atomic mass is 9.90. The van der Waals surface area contributed by atoms with Crippen LogP contribution in [0.4, 0.5) is 0 Å². The van der Waals surface area contributed by atoms with Crippen LogP contribution in [0.25, 0.3) is 0 Å². The van der Waals surface area contributed by atoms with E-state index in [9.17, 15) is 4.79 Å². The van der Waals surface area contributed by atoms with Crippen molar-refractivity contribution in [2.45, 2.75) is 18.1 Å². The van der Waals surface area contributed by atoms with Crippen LogP contribution in [-0.4, -0.2) is 31.7 Å². The monoisotopic (exact) mass is 400 g/mol. The number of benzene rings is 2. The van der Waals surface area contributed by atoms with Crippen molar-refractivity contribution in [2.75, 3.05) is 25.7 Å². The third-order valence-corrected chi connectivity index (χ3v) is 7.23. The van der Waals surface area contributed by atoms with E-state index in [1.54, 1.807) is 18.9 Å². The van der Waals surface area contributed by atoms with Gasteiger partial charge in [0.25, 0.3) is 0 Å². The Morgan fingerprint density at radius 1 is 0.963 bits per heavy atom. The lowest BCUT2D eigenvalue weighted by Crippen LogP contribution is -2.13. The first kappa shape index (κ1) is 19.9. The molecule has 2 aromatic carbocycles. The Morgan fingerprint density at radius 3 is 2.26 bits per heavy atom. The minimum absolute atomic E-state index is 0.0745. The highest BCUT2D eigenvalue weighted by molar-refractivity contribution is 8.06. The first-order valence-corrected chi connectivity index (χ1v) is 10.9. The van der Waals surface area contributed by atoms with Crippen LogP contribution in [-0.2, 0) is 9.53 Å². The number of carbonyl (C=O) groups excluding carboxylic acids is 1. The second-order valence-corrected chi connectivity index (χ2v) is 8.76. The summed E-state index contributed by atoms with van der Waals surface area (Å²) in [6.07, 6.45) is 2.08. The highest BCUT2D eigenvalue weighted by Crippen LogP contribution is 2.46. The number of thioether (sulfide) groups is 2. The van der Waals surface area contributed by atoms with Crippen molar-refractivity contribution in [1.82, 2.24) is 0 Å². The SMILES string of the molecule is COC(=O)/C1=C/C(c2ccc(OC)cc2)C(c2ccc(C)cc2)SCCS1. The van der Waals surface area contributed by atoms with Crippen LogP contribution in [0.15, 0.2) is 59.5 Å². The van der Waals surface area contributed by atoms with Crippen LogP contribution in [0.1, 0.15) is 27.9 Å². The molecule has 27 heavy (non-hydrogen) atoms. The Hall–Kier alpha value is -1.85. The molecule has 3 rings (SSSR count). The van der Waals surface area contributed by atoms with Crippen LogP contribution < -0.4 is 4.74 Å². The summed E-state index contributed by atoms with van der Waals surface area (Å²) in [7, 11) is 3.11. The molecule has 3 nitrogen and oxygen atoms in total. The van der Waals surface area contributed by atoms with E-state index in [0.717, 1.165) is 22.8 Å². The predicted octanol–water partition coefficient (Wildman–Crippen LogP) is 5.37. The number of allylic oxidation sites excluding steroid dienone is 1. The zero-order valence-corrected chi connectivity index (χ0v) is 17.4. The lowest BCUT2D eigenvalue weighted by Gasteiger charge is -2.28. The Balaban J connectivity index is 2.06. The summed E-state index contributed by atoms with van der Waals surface area (Å²) in [6, 6.07) is 16.8. The van der Waals surface area contributed by atoms with Gasteiger partial charge in [-0.05, 0) is 30.2 Å². The molecule has 0 spiro atoms. The molecular weight excluding hydrogens is 376 g/mol. The molecule has 0 N–H and O–H groups in total. The quantitative estimate of drug-likeness (QED) is 0.645. The second kappa shape index (κ2) is 9.38. The molecule has 0 saturated carbocycles. The fraction of sp³-hybridized carbons (Fsp3) is 0.318. The number of ether oxygens (including phenoxy) is 2. The lowest BCUT2D eigenvalue weighted by molar-refractivity contribution is -0.135. The maximum Gasteiger partial charge on any atom is 0.344 e. The molecule has 2 atom stereocenters. The largest absolute Gasteiger partial charge is 0.497 e. The summed E-state index contributed by atoms with van der Waals surface area (Å²) in [6.45, 7) is 2.10. The molecular formula is C22H24O3S2. The second-order valence-electron chi connectivity index (χ2n) is 6.37. The topological polar surface area (TPSA) is 35.5 Å². The third-order valence-electron chi connectivity index (χ3n) is 4.59. The van der Waals surface area contributed by atoms with Crippen molar-refractivity contribution in [3.05, 3.63) is 76.2 Å². The third kappa shape index (κ3) is 4.90. The van der Waals surface area contributed by atoms with Crippen molar-refractivity contribution < 1.29 is 14.3 Å². The van der Waals surface area contributed by atoms with Gasteiger partial charge in [0.15, 0.2) is 0 Å². The predicted molar refractivity (Wildman–Crippen MR) is 115 cm³/mol. The molecule has 142 valence electrons. The van der Waals surface area contributed by atoms with Gasteiger partial charge in [-0.3, -0.25) is 0 Å². The van der Waals surface area contributed by atoms with Gasteiger partial charge in [0.1, 0.15) is 5.75 Å². The highest BCUT2D eigenvalue weighted by atomic mass is 32.2. The van der Waals surface area contributed by atoms with Gasteiger partial charge in [-0.1, -0.05) is 48.0 Å². The van der Waals surface area contributed by atoms with Gasteiger partial charge in [-0.15, -0.1) is 11.8 Å². The fourth-order valence-electron chi connectivity index (χ4n) is 3.11. The Bertz CT molecular complexity index is 797. The molecule has 0 saturated heterocycles. The number of carbonyl (C=O) groups is 1. The molecule has 5 heteroatoms. The van der Waals surface area contributed by atoms with Gasteiger partial charge in [0, 0.05) is 22.7 Å². The average molecular weight is 401 g/mol. The average Bonchev–Trinajstić information content (AvgIpc) is 2.69. The Labute approximate surface area is 169 Å². The van der Waals surface area contributed by atoms with Crippen LogP contribution in [0.3, 0.4) is 0 Å². The summed E-state index contributed by atoms with van der Waals surface area (Å²) in [5, 5.41) is 0.236. The highest BCUT2D eigenvalue weighted by Gasteiger charge is 2.28. The molecule has 0 bridgehead atoms. The van der Waals surface area contributed by atoms with Crippen molar-refractivity contribution in [2.24, 2.45) is 0 Å². The molecule has 0 aromatic heterocycles. The number of methoxy groups -OCH3 is 2. The van der Waals surface area contributed by atoms with Crippen molar-refractivity contribution >= 4 is 29.5 Å². The van der Waals surface area contributed by atoms with Gasteiger partial charge >= 0.3 is 5.97 Å². The minimum atomic E-state index is -0.256. The van der Waals surface area contributed by atoms with Crippen molar-refractivity contribution in [3.63, 3.8) is 0 Å². The van der Waals surface area contributed by atoms with Crippen molar-refractivity contribution in [3.8, 4) is 5.75 Å². The number of esters is 1. The Kier molecular flexibility index (Phi) is 6.91. The molecule has 2 aromatic rings. The van der Waals surface area contributed by atoms with Gasteiger partial charge in [0.2, 0.25) is 0 Å². The molecule has 0 amide bonds. The molecule has 0 aliphatic carbocycles. The zero-order valence-electron chi connectivity index (χ0n) is 15.8. The van der Waals surface area contributed by atoms with Crippen LogP contribution >= 0.6 is 23.5 Å². The fourth-order valence-corrected chi connectivity index (χ4v) is 5.54. The summed E-state index contributed by atoms with van der Waals surface area (Å²) < 4.78 is 10.3.